The van der Waals surface area contributed by atoms with E-state index in [2.05, 4.69) is 10.2 Å². The fourth-order valence-corrected chi connectivity index (χ4v) is 2.20. The second kappa shape index (κ2) is 3.90. The van der Waals surface area contributed by atoms with Crippen LogP contribution in [-0.2, 0) is 0 Å². The van der Waals surface area contributed by atoms with Gasteiger partial charge in [0, 0.05) is 32.2 Å². The van der Waals surface area contributed by atoms with Crippen LogP contribution in [0.15, 0.2) is 0 Å². The molecular formula is C9H17FN2O. The molecule has 0 radical (unpaired) electrons. The van der Waals surface area contributed by atoms with Crippen LogP contribution >= 0.6 is 0 Å². The van der Waals surface area contributed by atoms with E-state index in [0.29, 0.717) is 25.6 Å². The average Bonchev–Trinajstić information content (AvgIpc) is 2.62. The second-order valence-corrected chi connectivity index (χ2v) is 4.14. The summed E-state index contributed by atoms with van der Waals surface area (Å²) in [5, 5.41) is 12.5. The van der Waals surface area contributed by atoms with E-state index in [1.807, 2.05) is 0 Å². The molecular weight excluding hydrogens is 171 g/mol. The summed E-state index contributed by atoms with van der Waals surface area (Å²) in [6, 6.07) is 0.361. The van der Waals surface area contributed by atoms with E-state index in [1.165, 1.54) is 0 Å². The zero-order valence-corrected chi connectivity index (χ0v) is 7.75. The molecule has 3 unspecified atom stereocenters. The van der Waals surface area contributed by atoms with Gasteiger partial charge in [-0.25, -0.2) is 4.39 Å². The van der Waals surface area contributed by atoms with Crippen LogP contribution in [0.4, 0.5) is 4.39 Å². The van der Waals surface area contributed by atoms with Gasteiger partial charge in [-0.3, -0.25) is 4.90 Å². The Kier molecular flexibility index (Phi) is 2.81. The third kappa shape index (κ3) is 2.39. The van der Waals surface area contributed by atoms with Crippen molar-refractivity contribution in [1.29, 1.82) is 0 Å². The summed E-state index contributed by atoms with van der Waals surface area (Å²) in [6.45, 7) is 3.03. The number of aliphatic hydroxyl groups is 1. The van der Waals surface area contributed by atoms with Crippen molar-refractivity contribution in [3.05, 3.63) is 0 Å². The Labute approximate surface area is 77.9 Å². The minimum atomic E-state index is -0.633. The maximum atomic E-state index is 12.8. The predicted octanol–water partition coefficient (Wildman–Crippen LogP) is -0.247. The monoisotopic (exact) mass is 188 g/mol. The summed E-state index contributed by atoms with van der Waals surface area (Å²) in [7, 11) is 0. The number of hydrogen-bond donors (Lipinski definition) is 2. The minimum Gasteiger partial charge on any atom is -0.392 e. The van der Waals surface area contributed by atoms with Crippen molar-refractivity contribution >= 4 is 0 Å². The average molecular weight is 188 g/mol. The first kappa shape index (κ1) is 9.37. The number of rotatable bonds is 2. The summed E-state index contributed by atoms with van der Waals surface area (Å²) in [5.74, 6) is 0. The molecule has 2 aliphatic heterocycles. The van der Waals surface area contributed by atoms with Gasteiger partial charge < -0.3 is 10.4 Å². The molecule has 3 atom stereocenters. The van der Waals surface area contributed by atoms with Crippen LogP contribution in [-0.4, -0.2) is 54.5 Å². The molecule has 2 N–H and O–H groups in total. The van der Waals surface area contributed by atoms with Crippen LogP contribution in [0.5, 0.6) is 0 Å². The SMILES string of the molecule is OC1CNC(CN2CCC(F)C2)C1. The van der Waals surface area contributed by atoms with Crippen LogP contribution in [0.2, 0.25) is 0 Å². The van der Waals surface area contributed by atoms with E-state index >= 15 is 0 Å². The van der Waals surface area contributed by atoms with Crippen molar-refractivity contribution in [2.75, 3.05) is 26.2 Å². The van der Waals surface area contributed by atoms with E-state index in [-0.39, 0.29) is 6.10 Å². The lowest BCUT2D eigenvalue weighted by atomic mass is 10.2. The third-order valence-electron chi connectivity index (χ3n) is 2.89. The molecule has 2 rings (SSSR count). The maximum absolute atomic E-state index is 12.8. The highest BCUT2D eigenvalue weighted by Gasteiger charge is 2.27. The molecule has 76 valence electrons. The maximum Gasteiger partial charge on any atom is 0.114 e. The molecule has 0 aliphatic carbocycles. The first-order chi connectivity index (χ1) is 6.24. The van der Waals surface area contributed by atoms with Gasteiger partial charge in [-0.15, -0.1) is 0 Å². The van der Waals surface area contributed by atoms with E-state index in [1.54, 1.807) is 0 Å². The molecule has 2 heterocycles. The Morgan fingerprint density at radius 2 is 2.38 bits per heavy atom. The standard InChI is InChI=1S/C9H17FN2O/c10-7-1-2-12(5-7)6-8-3-9(13)4-11-8/h7-9,11,13H,1-6H2. The van der Waals surface area contributed by atoms with Gasteiger partial charge >= 0.3 is 0 Å². The topological polar surface area (TPSA) is 35.5 Å². The van der Waals surface area contributed by atoms with Crippen molar-refractivity contribution in [2.45, 2.75) is 31.2 Å². The molecule has 0 amide bonds. The lowest BCUT2D eigenvalue weighted by Gasteiger charge is -2.19. The van der Waals surface area contributed by atoms with Gasteiger partial charge in [0.25, 0.3) is 0 Å². The van der Waals surface area contributed by atoms with Gasteiger partial charge in [-0.1, -0.05) is 0 Å². The Morgan fingerprint density at radius 1 is 1.54 bits per heavy atom. The minimum absolute atomic E-state index is 0.200. The summed E-state index contributed by atoms with van der Waals surface area (Å²) in [5.41, 5.74) is 0. The molecule has 3 nitrogen and oxygen atoms in total. The fourth-order valence-electron chi connectivity index (χ4n) is 2.20. The molecule has 2 fully saturated rings. The van der Waals surface area contributed by atoms with Crippen molar-refractivity contribution in [3.8, 4) is 0 Å². The van der Waals surface area contributed by atoms with Gasteiger partial charge in [-0.2, -0.15) is 0 Å². The molecule has 0 saturated carbocycles. The number of nitrogens with one attached hydrogen (secondary N) is 1. The van der Waals surface area contributed by atoms with E-state index in [4.69, 9.17) is 0 Å². The van der Waals surface area contributed by atoms with Gasteiger partial charge in [-0.05, 0) is 12.8 Å². The Balaban J connectivity index is 1.72. The van der Waals surface area contributed by atoms with E-state index in [0.717, 1.165) is 19.5 Å². The zero-order valence-electron chi connectivity index (χ0n) is 7.75. The number of hydrogen-bond acceptors (Lipinski definition) is 3. The molecule has 0 spiro atoms. The van der Waals surface area contributed by atoms with Crippen molar-refractivity contribution in [2.24, 2.45) is 0 Å². The summed E-state index contributed by atoms with van der Waals surface area (Å²) in [6.07, 6.45) is 0.656. The van der Waals surface area contributed by atoms with Gasteiger partial charge in [0.1, 0.15) is 6.17 Å². The first-order valence-corrected chi connectivity index (χ1v) is 5.02. The number of nitrogens with zero attached hydrogens (tertiary/aromatic N) is 1. The quantitative estimate of drug-likeness (QED) is 0.627. The molecule has 2 saturated heterocycles. The largest absolute Gasteiger partial charge is 0.392 e. The molecule has 2 aliphatic rings. The van der Waals surface area contributed by atoms with Crippen molar-refractivity contribution < 1.29 is 9.50 Å². The first-order valence-electron chi connectivity index (χ1n) is 5.02. The van der Waals surface area contributed by atoms with Crippen LogP contribution in [0.25, 0.3) is 0 Å². The van der Waals surface area contributed by atoms with Gasteiger partial charge in [0.2, 0.25) is 0 Å². The Bertz CT molecular complexity index is 161. The van der Waals surface area contributed by atoms with Crippen LogP contribution in [0.3, 0.4) is 0 Å². The van der Waals surface area contributed by atoms with E-state index < -0.39 is 6.17 Å². The smallest absolute Gasteiger partial charge is 0.114 e. The number of likely N-dealkylation sites (tertiary alicyclic amines) is 1. The summed E-state index contributed by atoms with van der Waals surface area (Å²) < 4.78 is 12.8. The third-order valence-corrected chi connectivity index (χ3v) is 2.89. The molecule has 0 aromatic heterocycles. The summed E-state index contributed by atoms with van der Waals surface area (Å²) >= 11 is 0. The van der Waals surface area contributed by atoms with Gasteiger partial charge in [0.05, 0.1) is 6.10 Å². The lowest BCUT2D eigenvalue weighted by Crippen LogP contribution is -2.36. The second-order valence-electron chi connectivity index (χ2n) is 4.14. The highest BCUT2D eigenvalue weighted by molar-refractivity contribution is 4.86. The molecule has 0 aromatic carbocycles. The van der Waals surface area contributed by atoms with Gasteiger partial charge in [0.15, 0.2) is 0 Å². The highest BCUT2D eigenvalue weighted by Crippen LogP contribution is 2.15. The molecule has 0 aromatic rings. The highest BCUT2D eigenvalue weighted by atomic mass is 19.1. The lowest BCUT2D eigenvalue weighted by molar-refractivity contribution is 0.189. The number of β-amino-alcohol motifs (C(OH)–C–C–N with tert-alkyl or cyclic N) is 1. The normalized spacial score (nSPS) is 41.5. The van der Waals surface area contributed by atoms with Crippen LogP contribution in [0, 0.1) is 0 Å². The number of alkyl halides is 1. The Morgan fingerprint density at radius 3 is 2.92 bits per heavy atom. The van der Waals surface area contributed by atoms with Crippen molar-refractivity contribution in [1.82, 2.24) is 10.2 Å². The summed E-state index contributed by atoms with van der Waals surface area (Å²) in [4.78, 5) is 2.14. The fraction of sp³-hybridized carbons (Fsp3) is 1.00. The molecule has 13 heavy (non-hydrogen) atoms. The van der Waals surface area contributed by atoms with Crippen LogP contribution < -0.4 is 5.32 Å². The van der Waals surface area contributed by atoms with E-state index in [9.17, 15) is 9.50 Å². The van der Waals surface area contributed by atoms with Crippen LogP contribution in [0.1, 0.15) is 12.8 Å². The zero-order chi connectivity index (χ0) is 9.26. The van der Waals surface area contributed by atoms with Crippen molar-refractivity contribution in [3.63, 3.8) is 0 Å². The number of aliphatic hydroxyl groups excluding tert-OH is 1. The predicted molar refractivity (Wildman–Crippen MR) is 48.4 cm³/mol. The Hall–Kier alpha value is -0.190. The number of halogens is 1. The molecule has 4 heteroatoms. The molecule has 0 bridgehead atoms.